The summed E-state index contributed by atoms with van der Waals surface area (Å²) >= 11 is 6.20. The van der Waals surface area contributed by atoms with Crippen molar-refractivity contribution in [3.63, 3.8) is 0 Å². The van der Waals surface area contributed by atoms with Crippen molar-refractivity contribution in [3.05, 3.63) is 76.1 Å². The molecule has 0 bridgehead atoms. The number of hydrogen-bond donors (Lipinski definition) is 1. The van der Waals surface area contributed by atoms with Gasteiger partial charge in [0.15, 0.2) is 5.82 Å². The second-order valence-electron chi connectivity index (χ2n) is 8.24. The lowest BCUT2D eigenvalue weighted by Gasteiger charge is -2.29. The van der Waals surface area contributed by atoms with Gasteiger partial charge in [0, 0.05) is 31.3 Å². The van der Waals surface area contributed by atoms with E-state index in [0.29, 0.717) is 34.6 Å². The molecule has 0 radical (unpaired) electrons. The highest BCUT2D eigenvalue weighted by atomic mass is 35.5. The topological polar surface area (TPSA) is 120 Å². The summed E-state index contributed by atoms with van der Waals surface area (Å²) < 4.78 is 13.1. The molecular weight excluding hydrogens is 486 g/mol. The lowest BCUT2D eigenvalue weighted by Crippen LogP contribution is -2.34. The van der Waals surface area contributed by atoms with Crippen LogP contribution in [-0.2, 0) is 0 Å². The second kappa shape index (κ2) is 9.82. The number of nitrogens with zero attached hydrogens (tertiary/aromatic N) is 5. The third kappa shape index (κ3) is 4.31. The average molecular weight is 508 g/mol. The van der Waals surface area contributed by atoms with Gasteiger partial charge in [0.2, 0.25) is 11.3 Å². The Morgan fingerprint density at radius 1 is 1.25 bits per heavy atom. The maximum absolute atomic E-state index is 13.1. The fourth-order valence-electron chi connectivity index (χ4n) is 4.47. The Balaban J connectivity index is 1.61. The molecule has 0 amide bonds. The monoisotopic (exact) mass is 507 g/mol. The van der Waals surface area contributed by atoms with E-state index in [1.807, 2.05) is 6.07 Å². The number of aromatic nitrogens is 4. The number of benzene rings is 1. The lowest BCUT2D eigenvalue weighted by molar-refractivity contribution is 0.0695. The van der Waals surface area contributed by atoms with Gasteiger partial charge in [0.1, 0.15) is 22.9 Å². The minimum Gasteiger partial charge on any atom is -0.495 e. The number of aromatic carboxylic acids is 1. The van der Waals surface area contributed by atoms with Crippen LogP contribution in [0.5, 0.6) is 11.6 Å². The molecule has 1 aliphatic rings. The lowest BCUT2D eigenvalue weighted by atomic mass is 10.1. The second-order valence-corrected chi connectivity index (χ2v) is 8.65. The van der Waals surface area contributed by atoms with E-state index in [2.05, 4.69) is 19.9 Å². The van der Waals surface area contributed by atoms with Crippen LogP contribution in [-0.4, -0.2) is 56.9 Å². The van der Waals surface area contributed by atoms with E-state index in [1.54, 1.807) is 29.0 Å². The van der Waals surface area contributed by atoms with Crippen LogP contribution in [0, 0.1) is 0 Å². The molecule has 3 aromatic heterocycles. The number of pyridine rings is 2. The van der Waals surface area contributed by atoms with Gasteiger partial charge in [-0.1, -0.05) is 11.6 Å². The SMILES string of the molecule is COc1cc2c(=O)c(C(=O)O)cn(-c3cnccn3)c2cc1N1CCC[C@@H]1COc1ncccc1Cl. The Kier molecular flexibility index (Phi) is 6.43. The highest BCUT2D eigenvalue weighted by molar-refractivity contribution is 6.31. The molecule has 1 fully saturated rings. The van der Waals surface area contributed by atoms with E-state index in [0.717, 1.165) is 25.1 Å². The molecule has 11 heteroatoms. The van der Waals surface area contributed by atoms with Crippen molar-refractivity contribution in [2.75, 3.05) is 25.2 Å². The van der Waals surface area contributed by atoms with Crippen LogP contribution in [0.1, 0.15) is 23.2 Å². The maximum atomic E-state index is 13.1. The number of methoxy groups -OCH3 is 1. The molecule has 4 heterocycles. The van der Waals surface area contributed by atoms with Crippen molar-refractivity contribution in [1.29, 1.82) is 0 Å². The molecule has 1 atom stereocenters. The van der Waals surface area contributed by atoms with E-state index < -0.39 is 11.4 Å². The third-order valence-corrected chi connectivity index (χ3v) is 6.44. The van der Waals surface area contributed by atoms with Gasteiger partial charge in [0.05, 0.1) is 35.9 Å². The Hall–Kier alpha value is -4.18. The van der Waals surface area contributed by atoms with E-state index >= 15 is 0 Å². The molecule has 36 heavy (non-hydrogen) atoms. The number of carbonyl (C=O) groups is 1. The number of rotatable bonds is 7. The highest BCUT2D eigenvalue weighted by Gasteiger charge is 2.29. The maximum Gasteiger partial charge on any atom is 0.341 e. The number of hydrogen-bond acceptors (Lipinski definition) is 8. The number of halogens is 1. The highest BCUT2D eigenvalue weighted by Crippen LogP contribution is 2.37. The quantitative estimate of drug-likeness (QED) is 0.400. The first-order valence-electron chi connectivity index (χ1n) is 11.2. The number of ether oxygens (including phenoxy) is 2. The van der Waals surface area contributed by atoms with Crippen LogP contribution >= 0.6 is 11.6 Å². The average Bonchev–Trinajstić information content (AvgIpc) is 3.36. The standard InChI is InChI=1S/C25H22ClN5O5/c1-35-21-10-16-19(31(22-12-27-7-8-28-22)13-17(23(16)32)25(33)34)11-20(21)30-9-3-4-15(30)14-36-24-18(26)5-2-6-29-24/h2,5-8,10-13,15H,3-4,9,14H2,1H3,(H,33,34)/t15-/m1/s1. The van der Waals surface area contributed by atoms with Crippen molar-refractivity contribution >= 4 is 34.2 Å². The molecule has 0 aliphatic carbocycles. The van der Waals surface area contributed by atoms with Crippen molar-refractivity contribution in [1.82, 2.24) is 19.5 Å². The largest absolute Gasteiger partial charge is 0.495 e. The molecular formula is C25H22ClN5O5. The van der Waals surface area contributed by atoms with Gasteiger partial charge in [-0.3, -0.25) is 14.3 Å². The molecule has 4 aromatic rings. The summed E-state index contributed by atoms with van der Waals surface area (Å²) in [6, 6.07) is 6.87. The molecule has 1 aliphatic heterocycles. The van der Waals surface area contributed by atoms with Crippen LogP contribution in [0.2, 0.25) is 5.02 Å². The number of anilines is 1. The Morgan fingerprint density at radius 2 is 2.11 bits per heavy atom. The fourth-order valence-corrected chi connectivity index (χ4v) is 4.64. The van der Waals surface area contributed by atoms with Crippen LogP contribution < -0.4 is 19.8 Å². The molecule has 1 N–H and O–H groups in total. The van der Waals surface area contributed by atoms with Gasteiger partial charge in [-0.25, -0.2) is 14.8 Å². The molecule has 1 aromatic carbocycles. The summed E-state index contributed by atoms with van der Waals surface area (Å²) in [5.74, 6) is -0.121. The van der Waals surface area contributed by atoms with Crippen LogP contribution in [0.25, 0.3) is 16.7 Å². The van der Waals surface area contributed by atoms with Gasteiger partial charge in [-0.2, -0.15) is 0 Å². The van der Waals surface area contributed by atoms with Crippen molar-refractivity contribution in [2.24, 2.45) is 0 Å². The van der Waals surface area contributed by atoms with Gasteiger partial charge < -0.3 is 19.5 Å². The van der Waals surface area contributed by atoms with Gasteiger partial charge in [-0.15, -0.1) is 0 Å². The van der Waals surface area contributed by atoms with Crippen LogP contribution in [0.4, 0.5) is 5.69 Å². The Labute approximate surface area is 210 Å². The van der Waals surface area contributed by atoms with Crippen molar-refractivity contribution in [2.45, 2.75) is 18.9 Å². The zero-order valence-corrected chi connectivity index (χ0v) is 20.1. The summed E-state index contributed by atoms with van der Waals surface area (Å²) in [5.41, 5.74) is 0.264. The summed E-state index contributed by atoms with van der Waals surface area (Å²) in [5, 5.41) is 10.3. The van der Waals surface area contributed by atoms with Crippen molar-refractivity contribution < 1.29 is 19.4 Å². The first-order chi connectivity index (χ1) is 17.5. The number of carboxylic acids is 1. The summed E-state index contributed by atoms with van der Waals surface area (Å²) in [6.45, 7) is 1.10. The molecule has 0 unspecified atom stereocenters. The van der Waals surface area contributed by atoms with E-state index in [4.69, 9.17) is 21.1 Å². The summed E-state index contributed by atoms with van der Waals surface area (Å²) in [7, 11) is 1.52. The first-order valence-corrected chi connectivity index (χ1v) is 11.6. The van der Waals surface area contributed by atoms with Crippen LogP contribution in [0.3, 0.4) is 0 Å². The normalized spacial score (nSPS) is 15.3. The minimum atomic E-state index is -1.33. The zero-order valence-electron chi connectivity index (χ0n) is 19.3. The summed E-state index contributed by atoms with van der Waals surface area (Å²) in [6.07, 6.45) is 9.23. The minimum absolute atomic E-state index is 0.00408. The molecule has 10 nitrogen and oxygen atoms in total. The predicted octanol–water partition coefficient (Wildman–Crippen LogP) is 3.58. The van der Waals surface area contributed by atoms with Gasteiger partial charge in [0.25, 0.3) is 0 Å². The molecule has 1 saturated heterocycles. The van der Waals surface area contributed by atoms with Gasteiger partial charge >= 0.3 is 5.97 Å². The molecule has 0 spiro atoms. The zero-order chi connectivity index (χ0) is 25.2. The van der Waals surface area contributed by atoms with Crippen LogP contribution in [0.15, 0.2) is 60.0 Å². The molecule has 0 saturated carbocycles. The summed E-state index contributed by atoms with van der Waals surface area (Å²) in [4.78, 5) is 39.6. The van der Waals surface area contributed by atoms with E-state index in [-0.39, 0.29) is 17.0 Å². The third-order valence-electron chi connectivity index (χ3n) is 6.15. The predicted molar refractivity (Wildman–Crippen MR) is 134 cm³/mol. The number of carboxylic acid groups (broad SMARTS) is 1. The van der Waals surface area contributed by atoms with E-state index in [9.17, 15) is 14.7 Å². The fraction of sp³-hybridized carbons (Fsp3) is 0.240. The molecule has 5 rings (SSSR count). The smallest absolute Gasteiger partial charge is 0.341 e. The number of fused-ring (bicyclic) bond motifs is 1. The first kappa shape index (κ1) is 23.6. The van der Waals surface area contributed by atoms with Gasteiger partial charge in [-0.05, 0) is 37.1 Å². The van der Waals surface area contributed by atoms with E-state index in [1.165, 1.54) is 31.9 Å². The Bertz CT molecular complexity index is 1490. The molecule has 184 valence electrons. The Morgan fingerprint density at radius 3 is 2.83 bits per heavy atom. The van der Waals surface area contributed by atoms with Crippen molar-refractivity contribution in [3.8, 4) is 17.4 Å².